The number of piperidine rings is 2. The van der Waals surface area contributed by atoms with Crippen molar-refractivity contribution in [2.75, 3.05) is 45.9 Å². The summed E-state index contributed by atoms with van der Waals surface area (Å²) in [5.74, 6) is -0.774. The average molecular weight is 312 g/mol. The Balaban J connectivity index is 1.59. The monoisotopic (exact) mass is 312 g/mol. The quantitative estimate of drug-likeness (QED) is 0.529. The highest BCUT2D eigenvalue weighted by molar-refractivity contribution is 5.70. The molecule has 2 fully saturated rings. The SMILES string of the molecule is O=CCCOCCN1CCC(N2CCC(C(=O)O)CC2)CC1. The van der Waals surface area contributed by atoms with E-state index in [1.165, 1.54) is 0 Å². The number of aldehydes is 1. The molecule has 0 aliphatic carbocycles. The molecule has 0 aromatic rings. The number of nitrogens with zero attached hydrogens (tertiary/aromatic N) is 2. The Labute approximate surface area is 132 Å². The van der Waals surface area contributed by atoms with Crippen molar-refractivity contribution in [3.8, 4) is 0 Å². The molecule has 0 unspecified atom stereocenters. The van der Waals surface area contributed by atoms with Crippen LogP contribution in [0.2, 0.25) is 0 Å². The summed E-state index contributed by atoms with van der Waals surface area (Å²) < 4.78 is 5.42. The molecule has 126 valence electrons. The Kier molecular flexibility index (Phi) is 7.29. The minimum Gasteiger partial charge on any atom is -0.481 e. The Morgan fingerprint density at radius 2 is 1.77 bits per heavy atom. The van der Waals surface area contributed by atoms with Crippen LogP contribution in [0.1, 0.15) is 32.1 Å². The van der Waals surface area contributed by atoms with Crippen LogP contribution < -0.4 is 0 Å². The second-order valence-corrected chi connectivity index (χ2v) is 6.29. The van der Waals surface area contributed by atoms with Gasteiger partial charge in [0.15, 0.2) is 0 Å². The normalized spacial score (nSPS) is 22.7. The Morgan fingerprint density at radius 3 is 2.36 bits per heavy atom. The highest BCUT2D eigenvalue weighted by atomic mass is 16.5. The number of carbonyl (C=O) groups is 2. The van der Waals surface area contributed by atoms with Gasteiger partial charge in [0.2, 0.25) is 0 Å². The Bertz CT molecular complexity index is 348. The molecule has 0 aromatic carbocycles. The molecule has 0 atom stereocenters. The molecule has 6 heteroatoms. The van der Waals surface area contributed by atoms with Gasteiger partial charge in [0.05, 0.1) is 19.1 Å². The first kappa shape index (κ1) is 17.4. The molecule has 0 spiro atoms. The molecule has 1 N–H and O–H groups in total. The molecule has 0 bridgehead atoms. The summed E-state index contributed by atoms with van der Waals surface area (Å²) in [6.07, 6.45) is 5.27. The number of ether oxygens (including phenoxy) is 1. The number of carboxylic acid groups (broad SMARTS) is 1. The van der Waals surface area contributed by atoms with Gasteiger partial charge in [-0.15, -0.1) is 0 Å². The first-order chi connectivity index (χ1) is 10.7. The second kappa shape index (κ2) is 9.22. The summed E-state index contributed by atoms with van der Waals surface area (Å²) in [7, 11) is 0. The van der Waals surface area contributed by atoms with Gasteiger partial charge in [-0.3, -0.25) is 4.79 Å². The molecule has 0 amide bonds. The summed E-state index contributed by atoms with van der Waals surface area (Å²) in [4.78, 5) is 26.1. The van der Waals surface area contributed by atoms with Gasteiger partial charge >= 0.3 is 5.97 Å². The number of rotatable bonds is 8. The van der Waals surface area contributed by atoms with Crippen LogP contribution in [0.3, 0.4) is 0 Å². The van der Waals surface area contributed by atoms with Crippen LogP contribution >= 0.6 is 0 Å². The van der Waals surface area contributed by atoms with Crippen molar-refractivity contribution in [3.05, 3.63) is 0 Å². The van der Waals surface area contributed by atoms with Crippen molar-refractivity contribution < 1.29 is 19.4 Å². The molecule has 2 heterocycles. The van der Waals surface area contributed by atoms with Crippen LogP contribution in [0.15, 0.2) is 0 Å². The predicted octanol–water partition coefficient (Wildman–Crippen LogP) is 0.853. The van der Waals surface area contributed by atoms with E-state index < -0.39 is 5.97 Å². The molecule has 6 nitrogen and oxygen atoms in total. The lowest BCUT2D eigenvalue weighted by molar-refractivity contribution is -0.143. The largest absolute Gasteiger partial charge is 0.481 e. The maximum absolute atomic E-state index is 11.0. The lowest BCUT2D eigenvalue weighted by Gasteiger charge is -2.41. The second-order valence-electron chi connectivity index (χ2n) is 6.29. The third-order valence-corrected chi connectivity index (χ3v) is 4.88. The predicted molar refractivity (Wildman–Crippen MR) is 82.9 cm³/mol. The molecule has 2 aliphatic rings. The minimum atomic E-state index is -0.635. The van der Waals surface area contributed by atoms with Crippen LogP contribution in [0.25, 0.3) is 0 Å². The first-order valence-corrected chi connectivity index (χ1v) is 8.41. The van der Waals surface area contributed by atoms with Crippen molar-refractivity contribution >= 4 is 12.3 Å². The molecule has 0 aromatic heterocycles. The molecule has 2 saturated heterocycles. The van der Waals surface area contributed by atoms with Crippen molar-refractivity contribution in [1.29, 1.82) is 0 Å². The van der Waals surface area contributed by atoms with Crippen LogP contribution in [-0.2, 0) is 14.3 Å². The van der Waals surface area contributed by atoms with E-state index in [2.05, 4.69) is 9.80 Å². The van der Waals surface area contributed by atoms with E-state index in [-0.39, 0.29) is 5.92 Å². The van der Waals surface area contributed by atoms with E-state index in [0.29, 0.717) is 25.7 Å². The minimum absolute atomic E-state index is 0.139. The van der Waals surface area contributed by atoms with Crippen LogP contribution in [0, 0.1) is 5.92 Å². The lowest BCUT2D eigenvalue weighted by Crippen LogP contribution is -2.48. The summed E-state index contributed by atoms with van der Waals surface area (Å²) in [5.41, 5.74) is 0. The molecule has 22 heavy (non-hydrogen) atoms. The van der Waals surface area contributed by atoms with Crippen molar-refractivity contribution in [3.63, 3.8) is 0 Å². The van der Waals surface area contributed by atoms with E-state index in [1.54, 1.807) is 0 Å². The number of carbonyl (C=O) groups excluding carboxylic acids is 1. The van der Waals surface area contributed by atoms with Gasteiger partial charge in [0.1, 0.15) is 6.29 Å². The highest BCUT2D eigenvalue weighted by Crippen LogP contribution is 2.23. The summed E-state index contributed by atoms with van der Waals surface area (Å²) in [5, 5.41) is 9.05. The molecule has 2 aliphatic heterocycles. The Morgan fingerprint density at radius 1 is 1.09 bits per heavy atom. The van der Waals surface area contributed by atoms with Crippen LogP contribution in [0.4, 0.5) is 0 Å². The van der Waals surface area contributed by atoms with E-state index in [0.717, 1.165) is 64.7 Å². The lowest BCUT2D eigenvalue weighted by atomic mass is 9.93. The van der Waals surface area contributed by atoms with Gasteiger partial charge in [-0.05, 0) is 51.9 Å². The van der Waals surface area contributed by atoms with Crippen LogP contribution in [-0.4, -0.2) is 79.1 Å². The zero-order valence-corrected chi connectivity index (χ0v) is 13.3. The van der Waals surface area contributed by atoms with Gasteiger partial charge in [-0.25, -0.2) is 0 Å². The molecular weight excluding hydrogens is 284 g/mol. The number of carboxylic acids is 1. The number of likely N-dealkylation sites (tertiary alicyclic amines) is 2. The Hall–Kier alpha value is -0.980. The third kappa shape index (κ3) is 5.34. The van der Waals surface area contributed by atoms with Gasteiger partial charge < -0.3 is 24.4 Å². The third-order valence-electron chi connectivity index (χ3n) is 4.88. The number of aliphatic carboxylic acids is 1. The summed E-state index contributed by atoms with van der Waals surface area (Å²) in [6.45, 7) is 6.18. The van der Waals surface area contributed by atoms with Gasteiger partial charge in [-0.1, -0.05) is 0 Å². The maximum Gasteiger partial charge on any atom is 0.306 e. The number of hydrogen-bond donors (Lipinski definition) is 1. The van der Waals surface area contributed by atoms with Crippen LogP contribution in [0.5, 0.6) is 0 Å². The fourth-order valence-corrected chi connectivity index (χ4v) is 3.45. The summed E-state index contributed by atoms with van der Waals surface area (Å²) >= 11 is 0. The van der Waals surface area contributed by atoms with Gasteiger partial charge in [0, 0.05) is 19.0 Å². The van der Waals surface area contributed by atoms with Gasteiger partial charge in [-0.2, -0.15) is 0 Å². The van der Waals surface area contributed by atoms with E-state index in [4.69, 9.17) is 9.84 Å². The fraction of sp³-hybridized carbons (Fsp3) is 0.875. The number of hydrogen-bond acceptors (Lipinski definition) is 5. The van der Waals surface area contributed by atoms with Gasteiger partial charge in [0.25, 0.3) is 0 Å². The van der Waals surface area contributed by atoms with E-state index >= 15 is 0 Å². The van der Waals surface area contributed by atoms with Crippen molar-refractivity contribution in [2.45, 2.75) is 38.1 Å². The molecule has 2 rings (SSSR count). The maximum atomic E-state index is 11.0. The van der Waals surface area contributed by atoms with Crippen molar-refractivity contribution in [2.24, 2.45) is 5.92 Å². The molecule has 0 saturated carbocycles. The van der Waals surface area contributed by atoms with E-state index in [9.17, 15) is 9.59 Å². The topological polar surface area (TPSA) is 70.1 Å². The summed E-state index contributed by atoms with van der Waals surface area (Å²) in [6, 6.07) is 0.613. The standard InChI is InChI=1S/C16H28N2O4/c19-11-1-12-22-13-10-17-6-4-15(5-7-17)18-8-2-14(3-9-18)16(20)21/h11,14-15H,1-10,12-13H2,(H,20,21). The smallest absolute Gasteiger partial charge is 0.306 e. The van der Waals surface area contributed by atoms with E-state index in [1.807, 2.05) is 0 Å². The first-order valence-electron chi connectivity index (χ1n) is 8.41. The highest BCUT2D eigenvalue weighted by Gasteiger charge is 2.30. The molecule has 0 radical (unpaired) electrons. The van der Waals surface area contributed by atoms with Crippen molar-refractivity contribution in [1.82, 2.24) is 9.80 Å². The zero-order valence-electron chi connectivity index (χ0n) is 13.3. The average Bonchev–Trinajstić information content (AvgIpc) is 2.55. The molecular formula is C16H28N2O4. The fourth-order valence-electron chi connectivity index (χ4n) is 3.45. The zero-order chi connectivity index (χ0) is 15.8.